The smallest absolute Gasteiger partial charge is 0.275 e. The van der Waals surface area contributed by atoms with Crippen LogP contribution in [0.25, 0.3) is 0 Å². The molecule has 1 aromatic heterocycles. The number of hydrogen-bond acceptors (Lipinski definition) is 4. The molecule has 1 amide bonds. The first kappa shape index (κ1) is 16.4. The highest BCUT2D eigenvalue weighted by Gasteiger charge is 2.22. The molecule has 0 saturated carbocycles. The van der Waals surface area contributed by atoms with Gasteiger partial charge >= 0.3 is 0 Å². The molecule has 3 rings (SSSR count). The van der Waals surface area contributed by atoms with E-state index in [0.29, 0.717) is 6.04 Å². The van der Waals surface area contributed by atoms with Crippen LogP contribution in [-0.4, -0.2) is 28.5 Å². The molecule has 126 valence electrons. The maximum Gasteiger partial charge on any atom is 0.275 e. The lowest BCUT2D eigenvalue weighted by Crippen LogP contribution is -2.39. The van der Waals surface area contributed by atoms with Gasteiger partial charge in [-0.2, -0.15) is 0 Å². The normalized spacial score (nSPS) is 17.6. The topological polar surface area (TPSA) is 58.1 Å². The van der Waals surface area contributed by atoms with Crippen LogP contribution in [-0.2, 0) is 0 Å². The molecular formula is C18H21FN4O. The van der Waals surface area contributed by atoms with Crippen molar-refractivity contribution in [1.29, 1.82) is 0 Å². The van der Waals surface area contributed by atoms with Crippen LogP contribution in [0.2, 0.25) is 0 Å². The number of piperidine rings is 1. The number of benzene rings is 1. The van der Waals surface area contributed by atoms with Crippen molar-refractivity contribution >= 4 is 17.4 Å². The third-order valence-corrected chi connectivity index (χ3v) is 4.39. The van der Waals surface area contributed by atoms with Crippen LogP contribution < -0.4 is 10.2 Å². The summed E-state index contributed by atoms with van der Waals surface area (Å²) in [5.74, 6) is -0.150. The van der Waals surface area contributed by atoms with Crippen LogP contribution in [0.3, 0.4) is 0 Å². The first-order chi connectivity index (χ1) is 11.7. The molecule has 1 aromatic carbocycles. The largest absolute Gasteiger partial charge is 0.352 e. The SMILES string of the molecule is CCC1CCCCN1c1cnc(C(=O)Nc2ccccc2F)cn1. The fourth-order valence-electron chi connectivity index (χ4n) is 3.06. The van der Waals surface area contributed by atoms with Gasteiger partial charge in [0.2, 0.25) is 0 Å². The standard InChI is InChI=1S/C18H21FN4O/c1-2-13-7-5-6-10-23(13)17-12-20-16(11-21-17)18(24)22-15-9-4-3-8-14(15)19/h3-4,8-9,11-13H,2,5-7,10H2,1H3,(H,22,24). The second kappa shape index (κ2) is 7.38. The summed E-state index contributed by atoms with van der Waals surface area (Å²) in [4.78, 5) is 23.0. The molecule has 1 fully saturated rings. The van der Waals surface area contributed by atoms with E-state index in [1.807, 2.05) is 0 Å². The molecule has 1 unspecified atom stereocenters. The van der Waals surface area contributed by atoms with E-state index in [1.165, 1.54) is 24.8 Å². The number of aromatic nitrogens is 2. The van der Waals surface area contributed by atoms with Gasteiger partial charge < -0.3 is 10.2 Å². The van der Waals surface area contributed by atoms with Crippen LogP contribution in [0.5, 0.6) is 0 Å². The zero-order chi connectivity index (χ0) is 16.9. The van der Waals surface area contributed by atoms with Crippen LogP contribution in [0.15, 0.2) is 36.7 Å². The Kier molecular flexibility index (Phi) is 5.03. The second-order valence-electron chi connectivity index (χ2n) is 5.95. The summed E-state index contributed by atoms with van der Waals surface area (Å²) in [6.45, 7) is 3.14. The molecule has 2 heterocycles. The Morgan fingerprint density at radius 3 is 2.83 bits per heavy atom. The van der Waals surface area contributed by atoms with Gasteiger partial charge in [0.05, 0.1) is 18.1 Å². The number of nitrogens with zero attached hydrogens (tertiary/aromatic N) is 3. The number of rotatable bonds is 4. The summed E-state index contributed by atoms with van der Waals surface area (Å²) in [6, 6.07) is 6.52. The van der Waals surface area contributed by atoms with E-state index in [9.17, 15) is 9.18 Å². The van der Waals surface area contributed by atoms with E-state index in [-0.39, 0.29) is 11.4 Å². The molecule has 1 atom stereocenters. The van der Waals surface area contributed by atoms with Crippen LogP contribution in [0, 0.1) is 5.82 Å². The average molecular weight is 328 g/mol. The Bertz CT molecular complexity index is 704. The quantitative estimate of drug-likeness (QED) is 0.931. The minimum absolute atomic E-state index is 0.135. The predicted molar refractivity (Wildman–Crippen MR) is 91.7 cm³/mol. The summed E-state index contributed by atoms with van der Waals surface area (Å²) in [5, 5.41) is 2.52. The molecule has 1 N–H and O–H groups in total. The third-order valence-electron chi connectivity index (χ3n) is 4.39. The van der Waals surface area contributed by atoms with Crippen LogP contribution >= 0.6 is 0 Å². The number of para-hydroxylation sites is 1. The minimum Gasteiger partial charge on any atom is -0.352 e. The molecule has 24 heavy (non-hydrogen) atoms. The molecule has 0 bridgehead atoms. The first-order valence-corrected chi connectivity index (χ1v) is 8.33. The van der Waals surface area contributed by atoms with Crippen molar-refractivity contribution in [2.24, 2.45) is 0 Å². The number of hydrogen-bond donors (Lipinski definition) is 1. The van der Waals surface area contributed by atoms with Gasteiger partial charge in [-0.25, -0.2) is 14.4 Å². The molecule has 1 aliphatic heterocycles. The Labute approximate surface area is 140 Å². The fraction of sp³-hybridized carbons (Fsp3) is 0.389. The molecule has 0 spiro atoms. The highest BCUT2D eigenvalue weighted by Crippen LogP contribution is 2.24. The van der Waals surface area contributed by atoms with E-state index in [4.69, 9.17) is 0 Å². The van der Waals surface area contributed by atoms with Crippen LogP contribution in [0.1, 0.15) is 43.1 Å². The number of carbonyl (C=O) groups excluding carboxylic acids is 1. The summed E-state index contributed by atoms with van der Waals surface area (Å²) in [5.41, 5.74) is 0.308. The fourth-order valence-corrected chi connectivity index (χ4v) is 3.06. The Morgan fingerprint density at radius 1 is 1.29 bits per heavy atom. The number of nitrogens with one attached hydrogen (secondary N) is 1. The van der Waals surface area contributed by atoms with Crippen molar-refractivity contribution in [2.45, 2.75) is 38.6 Å². The van der Waals surface area contributed by atoms with Crippen molar-refractivity contribution in [3.63, 3.8) is 0 Å². The average Bonchev–Trinajstić information content (AvgIpc) is 2.63. The van der Waals surface area contributed by atoms with Gasteiger partial charge in [-0.3, -0.25) is 4.79 Å². The second-order valence-corrected chi connectivity index (χ2v) is 5.95. The Morgan fingerprint density at radius 2 is 2.12 bits per heavy atom. The van der Waals surface area contributed by atoms with Gasteiger partial charge in [0.15, 0.2) is 0 Å². The molecule has 6 heteroatoms. The number of halogens is 1. The highest BCUT2D eigenvalue weighted by molar-refractivity contribution is 6.02. The van der Waals surface area contributed by atoms with E-state index < -0.39 is 11.7 Å². The lowest BCUT2D eigenvalue weighted by Gasteiger charge is -2.35. The molecule has 2 aromatic rings. The predicted octanol–water partition coefficient (Wildman–Crippen LogP) is 3.64. The Hall–Kier alpha value is -2.50. The molecule has 5 nitrogen and oxygen atoms in total. The summed E-state index contributed by atoms with van der Waals surface area (Å²) >= 11 is 0. The van der Waals surface area contributed by atoms with Crippen molar-refractivity contribution in [3.05, 3.63) is 48.2 Å². The summed E-state index contributed by atoms with van der Waals surface area (Å²) in [7, 11) is 0. The van der Waals surface area contributed by atoms with E-state index in [0.717, 1.165) is 31.6 Å². The molecule has 0 aliphatic carbocycles. The van der Waals surface area contributed by atoms with Gasteiger partial charge in [0.1, 0.15) is 17.3 Å². The highest BCUT2D eigenvalue weighted by atomic mass is 19.1. The lowest BCUT2D eigenvalue weighted by molar-refractivity contribution is 0.102. The molecular weight excluding hydrogens is 307 g/mol. The first-order valence-electron chi connectivity index (χ1n) is 8.33. The monoisotopic (exact) mass is 328 g/mol. The van der Waals surface area contributed by atoms with Gasteiger partial charge in [-0.15, -0.1) is 0 Å². The maximum atomic E-state index is 13.6. The van der Waals surface area contributed by atoms with Crippen LogP contribution in [0.4, 0.5) is 15.9 Å². The number of carbonyl (C=O) groups is 1. The van der Waals surface area contributed by atoms with E-state index in [2.05, 4.69) is 27.1 Å². The van der Waals surface area contributed by atoms with Crippen molar-refractivity contribution in [1.82, 2.24) is 9.97 Å². The van der Waals surface area contributed by atoms with Gasteiger partial charge in [-0.05, 0) is 37.8 Å². The van der Waals surface area contributed by atoms with Gasteiger partial charge in [-0.1, -0.05) is 19.1 Å². The third kappa shape index (κ3) is 3.53. The van der Waals surface area contributed by atoms with E-state index in [1.54, 1.807) is 18.3 Å². The maximum absolute atomic E-state index is 13.6. The molecule has 1 saturated heterocycles. The zero-order valence-corrected chi connectivity index (χ0v) is 13.7. The molecule has 0 radical (unpaired) electrons. The Balaban J connectivity index is 1.72. The lowest BCUT2D eigenvalue weighted by atomic mass is 10.0. The summed E-state index contributed by atoms with van der Waals surface area (Å²) in [6.07, 6.45) is 7.70. The zero-order valence-electron chi connectivity index (χ0n) is 13.7. The summed E-state index contributed by atoms with van der Waals surface area (Å²) < 4.78 is 13.6. The van der Waals surface area contributed by atoms with E-state index >= 15 is 0 Å². The van der Waals surface area contributed by atoms with Gasteiger partial charge in [0, 0.05) is 12.6 Å². The van der Waals surface area contributed by atoms with Gasteiger partial charge in [0.25, 0.3) is 5.91 Å². The molecule has 1 aliphatic rings. The number of amides is 1. The number of anilines is 2. The van der Waals surface area contributed by atoms with Crippen molar-refractivity contribution in [3.8, 4) is 0 Å². The van der Waals surface area contributed by atoms with Crippen molar-refractivity contribution < 1.29 is 9.18 Å². The minimum atomic E-state index is -0.477. The van der Waals surface area contributed by atoms with Crippen molar-refractivity contribution in [2.75, 3.05) is 16.8 Å².